The van der Waals surface area contributed by atoms with Crippen LogP contribution in [0.2, 0.25) is 0 Å². The van der Waals surface area contributed by atoms with Gasteiger partial charge in [-0.25, -0.2) is 0 Å². The Bertz CT molecular complexity index is 907. The molecule has 0 aliphatic carbocycles. The first-order valence-electron chi connectivity index (χ1n) is 7.99. The van der Waals surface area contributed by atoms with Crippen LogP contribution in [0.1, 0.15) is 9.67 Å². The van der Waals surface area contributed by atoms with E-state index in [-0.39, 0.29) is 18.4 Å². The zero-order chi connectivity index (χ0) is 18.5. The van der Waals surface area contributed by atoms with E-state index in [0.717, 1.165) is 14.9 Å². The number of carbonyl (C=O) groups is 2. The largest absolute Gasteiger partial charge is 0.332 e. The first-order valence-corrected chi connectivity index (χ1v) is 9.60. The molecule has 4 nitrogen and oxygen atoms in total. The number of hydrogen-bond donors (Lipinski definition) is 1. The fourth-order valence-corrected chi connectivity index (χ4v) is 3.86. The molecule has 2 aromatic carbocycles. The number of thiophene rings is 1. The van der Waals surface area contributed by atoms with Gasteiger partial charge in [-0.05, 0) is 51.3 Å². The number of nitrogens with one attached hydrogen (secondary N) is 1. The Morgan fingerprint density at radius 1 is 0.962 bits per heavy atom. The molecule has 0 fully saturated rings. The maximum Gasteiger partial charge on any atom is 0.264 e. The van der Waals surface area contributed by atoms with E-state index in [2.05, 4.69) is 21.2 Å². The van der Waals surface area contributed by atoms with Crippen molar-refractivity contribution >= 4 is 44.8 Å². The van der Waals surface area contributed by atoms with Gasteiger partial charge in [0.1, 0.15) is 0 Å². The molecule has 0 radical (unpaired) electrons. The molecule has 1 N–H and O–H groups in total. The van der Waals surface area contributed by atoms with Gasteiger partial charge in [-0.3, -0.25) is 9.59 Å². The Labute approximate surface area is 164 Å². The van der Waals surface area contributed by atoms with Crippen LogP contribution in [-0.4, -0.2) is 30.3 Å². The van der Waals surface area contributed by atoms with Crippen molar-refractivity contribution in [3.63, 3.8) is 0 Å². The van der Waals surface area contributed by atoms with Crippen molar-refractivity contribution in [2.45, 2.75) is 0 Å². The lowest BCUT2D eigenvalue weighted by atomic mass is 10.1. The van der Waals surface area contributed by atoms with Crippen LogP contribution in [0.3, 0.4) is 0 Å². The second-order valence-electron chi connectivity index (χ2n) is 5.76. The summed E-state index contributed by atoms with van der Waals surface area (Å²) in [5, 5.41) is 2.82. The first kappa shape index (κ1) is 18.4. The second kappa shape index (κ2) is 8.29. The molecule has 0 atom stereocenters. The number of halogens is 1. The minimum absolute atomic E-state index is 0.00517. The summed E-state index contributed by atoms with van der Waals surface area (Å²) in [6.07, 6.45) is 0. The molecular weight excluding hydrogens is 412 g/mol. The lowest BCUT2D eigenvalue weighted by molar-refractivity contribution is -0.116. The molecule has 2 amide bonds. The Morgan fingerprint density at radius 2 is 1.62 bits per heavy atom. The molecule has 0 unspecified atom stereocenters. The van der Waals surface area contributed by atoms with Gasteiger partial charge < -0.3 is 10.2 Å². The van der Waals surface area contributed by atoms with Gasteiger partial charge in [0.05, 0.1) is 15.2 Å². The molecule has 0 aliphatic heterocycles. The molecule has 26 heavy (non-hydrogen) atoms. The van der Waals surface area contributed by atoms with Crippen molar-refractivity contribution in [3.05, 3.63) is 75.4 Å². The normalized spacial score (nSPS) is 10.4. The van der Waals surface area contributed by atoms with E-state index >= 15 is 0 Å². The minimum atomic E-state index is -0.232. The molecule has 0 saturated carbocycles. The van der Waals surface area contributed by atoms with Crippen molar-refractivity contribution in [1.29, 1.82) is 0 Å². The lowest BCUT2D eigenvalue weighted by Crippen LogP contribution is -2.34. The van der Waals surface area contributed by atoms with Crippen molar-refractivity contribution in [1.82, 2.24) is 4.90 Å². The molecule has 3 rings (SSSR count). The summed E-state index contributed by atoms with van der Waals surface area (Å²) in [4.78, 5) is 26.5. The van der Waals surface area contributed by atoms with Gasteiger partial charge in [0.2, 0.25) is 5.91 Å². The molecule has 0 spiro atoms. The predicted octanol–water partition coefficient (Wildman–Crippen LogP) is 4.89. The number of likely N-dealkylation sites (N-methyl/N-ethyl adjacent to an activating group) is 1. The fraction of sp³-hybridized carbons (Fsp3) is 0.100. The zero-order valence-electron chi connectivity index (χ0n) is 14.1. The highest BCUT2D eigenvalue weighted by Crippen LogP contribution is 2.23. The van der Waals surface area contributed by atoms with E-state index in [1.54, 1.807) is 13.1 Å². The number of nitrogens with zero attached hydrogens (tertiary/aromatic N) is 1. The van der Waals surface area contributed by atoms with E-state index in [9.17, 15) is 9.59 Å². The Balaban J connectivity index is 1.58. The minimum Gasteiger partial charge on any atom is -0.332 e. The highest BCUT2D eigenvalue weighted by atomic mass is 79.9. The van der Waals surface area contributed by atoms with Gasteiger partial charge in [0, 0.05) is 12.7 Å². The molecule has 132 valence electrons. The van der Waals surface area contributed by atoms with Crippen LogP contribution in [0.15, 0.2) is 70.5 Å². The standard InChI is InChI=1S/C20H17BrN2O2S/c1-23(20(25)17-11-12-18(21)26-17)13-19(24)22-16-9-7-15(8-10-16)14-5-3-2-4-6-14/h2-12H,13H2,1H3,(H,22,24). The number of rotatable bonds is 5. The fourth-order valence-electron chi connectivity index (χ4n) is 2.48. The monoisotopic (exact) mass is 428 g/mol. The molecule has 0 aliphatic rings. The highest BCUT2D eigenvalue weighted by molar-refractivity contribution is 9.11. The van der Waals surface area contributed by atoms with Crippen molar-refractivity contribution in [2.75, 3.05) is 18.9 Å². The van der Waals surface area contributed by atoms with E-state index in [1.807, 2.05) is 60.7 Å². The third kappa shape index (κ3) is 4.59. The number of anilines is 1. The van der Waals surface area contributed by atoms with Gasteiger partial charge in [-0.15, -0.1) is 11.3 Å². The summed E-state index contributed by atoms with van der Waals surface area (Å²) >= 11 is 4.68. The van der Waals surface area contributed by atoms with Gasteiger partial charge >= 0.3 is 0 Å². The molecule has 0 saturated heterocycles. The lowest BCUT2D eigenvalue weighted by Gasteiger charge is -2.16. The average molecular weight is 429 g/mol. The summed E-state index contributed by atoms with van der Waals surface area (Å²) in [5.74, 6) is -0.404. The van der Waals surface area contributed by atoms with Crippen LogP contribution in [0, 0.1) is 0 Å². The summed E-state index contributed by atoms with van der Waals surface area (Å²) in [6, 6.07) is 21.2. The smallest absolute Gasteiger partial charge is 0.264 e. The van der Waals surface area contributed by atoms with E-state index in [1.165, 1.54) is 16.2 Å². The van der Waals surface area contributed by atoms with Crippen LogP contribution in [0.5, 0.6) is 0 Å². The average Bonchev–Trinajstić information content (AvgIpc) is 3.08. The van der Waals surface area contributed by atoms with Crippen LogP contribution >= 0.6 is 27.3 Å². The maximum absolute atomic E-state index is 12.3. The summed E-state index contributed by atoms with van der Waals surface area (Å²) in [5.41, 5.74) is 2.91. The van der Waals surface area contributed by atoms with Crippen LogP contribution < -0.4 is 5.32 Å². The van der Waals surface area contributed by atoms with E-state index in [4.69, 9.17) is 0 Å². The SMILES string of the molecule is CN(CC(=O)Nc1ccc(-c2ccccc2)cc1)C(=O)c1ccc(Br)s1. The van der Waals surface area contributed by atoms with Crippen molar-refractivity contribution < 1.29 is 9.59 Å². The Hall–Kier alpha value is -2.44. The number of hydrogen-bond acceptors (Lipinski definition) is 3. The summed E-state index contributed by atoms with van der Waals surface area (Å²) in [7, 11) is 1.62. The van der Waals surface area contributed by atoms with Gasteiger partial charge in [0.15, 0.2) is 0 Å². The van der Waals surface area contributed by atoms with E-state index in [0.29, 0.717) is 10.6 Å². The van der Waals surface area contributed by atoms with Gasteiger partial charge in [0.25, 0.3) is 5.91 Å². The van der Waals surface area contributed by atoms with Crippen LogP contribution in [-0.2, 0) is 4.79 Å². The van der Waals surface area contributed by atoms with Crippen LogP contribution in [0.4, 0.5) is 5.69 Å². The van der Waals surface area contributed by atoms with E-state index < -0.39 is 0 Å². The number of benzene rings is 2. The Kier molecular flexibility index (Phi) is 5.85. The van der Waals surface area contributed by atoms with Gasteiger partial charge in [-0.1, -0.05) is 42.5 Å². The van der Waals surface area contributed by atoms with Crippen molar-refractivity contribution in [3.8, 4) is 11.1 Å². The molecule has 6 heteroatoms. The molecule has 1 heterocycles. The van der Waals surface area contributed by atoms with Gasteiger partial charge in [-0.2, -0.15) is 0 Å². The van der Waals surface area contributed by atoms with Crippen molar-refractivity contribution in [2.24, 2.45) is 0 Å². The number of amides is 2. The molecule has 0 bridgehead atoms. The predicted molar refractivity (Wildman–Crippen MR) is 109 cm³/mol. The third-order valence-corrected chi connectivity index (χ3v) is 5.40. The third-order valence-electron chi connectivity index (χ3n) is 3.79. The second-order valence-corrected chi connectivity index (χ2v) is 8.22. The summed E-state index contributed by atoms with van der Waals surface area (Å²) < 4.78 is 0.886. The molecular formula is C20H17BrN2O2S. The first-order chi connectivity index (χ1) is 12.5. The maximum atomic E-state index is 12.3. The topological polar surface area (TPSA) is 49.4 Å². The highest BCUT2D eigenvalue weighted by Gasteiger charge is 2.16. The summed E-state index contributed by atoms with van der Waals surface area (Å²) in [6.45, 7) is -0.00517. The Morgan fingerprint density at radius 3 is 2.23 bits per heavy atom. The molecule has 3 aromatic rings. The number of carbonyl (C=O) groups excluding carboxylic acids is 2. The quantitative estimate of drug-likeness (QED) is 0.628. The van der Waals surface area contributed by atoms with Crippen LogP contribution in [0.25, 0.3) is 11.1 Å². The molecule has 1 aromatic heterocycles. The zero-order valence-corrected chi connectivity index (χ0v) is 16.5.